The van der Waals surface area contributed by atoms with E-state index in [2.05, 4.69) is 30.9 Å². The number of unbranched alkanes of at least 4 members (excludes halogenated alkanes) is 4. The minimum atomic E-state index is -0.571. The topological polar surface area (TPSA) is 0 Å². The molecule has 0 aromatic heterocycles. The molecular formula is C25H28F2. The first-order valence-corrected chi connectivity index (χ1v) is 9.90. The minimum Gasteiger partial charge on any atom is -0.207 e. The van der Waals surface area contributed by atoms with Crippen molar-refractivity contribution in [2.24, 2.45) is 0 Å². The number of hydrogen-bond acceptors (Lipinski definition) is 0. The number of benzene rings is 2. The number of halogens is 2. The Morgan fingerprint density at radius 3 is 2.22 bits per heavy atom. The minimum absolute atomic E-state index is 0.00749. The van der Waals surface area contributed by atoms with Crippen LogP contribution in [0.3, 0.4) is 0 Å². The Kier molecular flexibility index (Phi) is 8.78. The molecule has 2 aromatic rings. The van der Waals surface area contributed by atoms with E-state index < -0.39 is 11.6 Å². The lowest BCUT2D eigenvalue weighted by atomic mass is 10.0. The smallest absolute Gasteiger partial charge is 0.134 e. The second-order valence-corrected chi connectivity index (χ2v) is 6.79. The summed E-state index contributed by atoms with van der Waals surface area (Å²) in [6.45, 7) is 4.24. The summed E-state index contributed by atoms with van der Waals surface area (Å²) in [6.07, 6.45) is 8.72. The monoisotopic (exact) mass is 366 g/mol. The van der Waals surface area contributed by atoms with Crippen LogP contribution in [0.15, 0.2) is 48.5 Å². The second kappa shape index (κ2) is 11.3. The molecule has 0 radical (unpaired) electrons. The van der Waals surface area contributed by atoms with E-state index in [0.29, 0.717) is 12.0 Å². The zero-order chi connectivity index (χ0) is 19.5. The van der Waals surface area contributed by atoms with Crippen LogP contribution in [0.5, 0.6) is 0 Å². The largest absolute Gasteiger partial charge is 0.207 e. The van der Waals surface area contributed by atoms with Gasteiger partial charge in [0, 0.05) is 16.7 Å². The van der Waals surface area contributed by atoms with Crippen LogP contribution in [0.2, 0.25) is 0 Å². The molecule has 27 heavy (non-hydrogen) atoms. The number of aryl methyl sites for hydroxylation is 1. The second-order valence-electron chi connectivity index (χ2n) is 6.79. The highest BCUT2D eigenvalue weighted by Crippen LogP contribution is 2.21. The molecule has 2 aromatic carbocycles. The Morgan fingerprint density at radius 1 is 0.889 bits per heavy atom. The molecule has 0 N–H and O–H groups in total. The van der Waals surface area contributed by atoms with Crippen molar-refractivity contribution in [3.63, 3.8) is 0 Å². The normalized spacial score (nSPS) is 11.2. The Labute approximate surface area is 162 Å². The molecule has 0 saturated heterocycles. The highest BCUT2D eigenvalue weighted by Gasteiger charge is 2.07. The third kappa shape index (κ3) is 7.02. The highest BCUT2D eigenvalue weighted by atomic mass is 19.1. The summed E-state index contributed by atoms with van der Waals surface area (Å²) in [4.78, 5) is 0. The maximum atomic E-state index is 14.2. The van der Waals surface area contributed by atoms with Gasteiger partial charge >= 0.3 is 0 Å². The molecule has 0 atom stereocenters. The standard InChI is InChI=1S/C25H28F2/c1-3-5-7-9-20-11-13-21(14-12-20)15-16-22-17-18-23(25(27)19-22)24(26)10-8-6-4-2/h10-14,17-19H,3-9H2,1-2H3. The third-order valence-electron chi connectivity index (χ3n) is 4.48. The van der Waals surface area contributed by atoms with Crippen molar-refractivity contribution in [1.82, 2.24) is 0 Å². The van der Waals surface area contributed by atoms with Crippen LogP contribution < -0.4 is 0 Å². The zero-order valence-electron chi connectivity index (χ0n) is 16.3. The number of rotatable bonds is 8. The molecule has 0 heterocycles. The summed E-state index contributed by atoms with van der Waals surface area (Å²) >= 11 is 0. The average molecular weight is 366 g/mol. The zero-order valence-corrected chi connectivity index (χ0v) is 16.3. The van der Waals surface area contributed by atoms with E-state index >= 15 is 0 Å². The van der Waals surface area contributed by atoms with E-state index in [4.69, 9.17) is 0 Å². The predicted molar refractivity (Wildman–Crippen MR) is 111 cm³/mol. The van der Waals surface area contributed by atoms with Crippen molar-refractivity contribution in [2.45, 2.75) is 58.8 Å². The summed E-state index contributed by atoms with van der Waals surface area (Å²) in [5.74, 6) is 4.94. The first-order valence-electron chi connectivity index (χ1n) is 9.90. The molecule has 0 fully saturated rings. The Balaban J connectivity index is 2.04. The summed E-state index contributed by atoms with van der Waals surface area (Å²) in [5, 5.41) is 0. The number of allylic oxidation sites excluding steroid dienone is 1. The van der Waals surface area contributed by atoms with E-state index in [1.807, 2.05) is 19.1 Å². The number of hydrogen-bond donors (Lipinski definition) is 0. The molecule has 2 heteroatoms. The molecule has 0 aliphatic heterocycles. The molecular weight excluding hydrogens is 338 g/mol. The van der Waals surface area contributed by atoms with E-state index in [1.165, 1.54) is 43.0 Å². The molecule has 0 unspecified atom stereocenters. The van der Waals surface area contributed by atoms with Gasteiger partial charge in [-0.3, -0.25) is 0 Å². The first-order chi connectivity index (χ1) is 13.1. The van der Waals surface area contributed by atoms with Gasteiger partial charge in [0.1, 0.15) is 11.6 Å². The summed E-state index contributed by atoms with van der Waals surface area (Å²) < 4.78 is 28.2. The molecule has 0 bridgehead atoms. The van der Waals surface area contributed by atoms with E-state index in [9.17, 15) is 8.78 Å². The van der Waals surface area contributed by atoms with Crippen LogP contribution in [-0.2, 0) is 6.42 Å². The van der Waals surface area contributed by atoms with Crippen LogP contribution in [0, 0.1) is 17.7 Å². The lowest BCUT2D eigenvalue weighted by Gasteiger charge is -2.02. The Hall–Kier alpha value is -2.40. The summed E-state index contributed by atoms with van der Waals surface area (Å²) in [5.41, 5.74) is 2.76. The maximum Gasteiger partial charge on any atom is 0.134 e. The fourth-order valence-electron chi connectivity index (χ4n) is 2.81. The van der Waals surface area contributed by atoms with Gasteiger partial charge in [0.25, 0.3) is 0 Å². The Bertz CT molecular complexity index is 804. The van der Waals surface area contributed by atoms with Crippen molar-refractivity contribution in [3.05, 3.63) is 76.6 Å². The molecule has 0 aliphatic carbocycles. The van der Waals surface area contributed by atoms with E-state index in [1.54, 1.807) is 6.07 Å². The van der Waals surface area contributed by atoms with Gasteiger partial charge in [0.15, 0.2) is 0 Å². The molecule has 2 rings (SSSR count). The molecule has 0 spiro atoms. The lowest BCUT2D eigenvalue weighted by Crippen LogP contribution is -1.88. The molecule has 0 saturated carbocycles. The molecule has 142 valence electrons. The quantitative estimate of drug-likeness (QED) is 0.336. The Morgan fingerprint density at radius 2 is 1.56 bits per heavy atom. The van der Waals surface area contributed by atoms with Crippen LogP contribution in [0.25, 0.3) is 5.83 Å². The summed E-state index contributed by atoms with van der Waals surface area (Å²) in [7, 11) is 0. The molecule has 0 amide bonds. The van der Waals surface area contributed by atoms with Gasteiger partial charge in [-0.25, -0.2) is 8.78 Å². The molecule has 0 aliphatic rings. The van der Waals surface area contributed by atoms with Gasteiger partial charge in [-0.2, -0.15) is 0 Å². The highest BCUT2D eigenvalue weighted by molar-refractivity contribution is 5.61. The lowest BCUT2D eigenvalue weighted by molar-refractivity contribution is 0.613. The summed E-state index contributed by atoms with van der Waals surface area (Å²) in [6, 6.07) is 12.6. The fraction of sp³-hybridized carbons (Fsp3) is 0.360. The fourth-order valence-corrected chi connectivity index (χ4v) is 2.81. The van der Waals surface area contributed by atoms with Gasteiger partial charge in [0.2, 0.25) is 0 Å². The predicted octanol–water partition coefficient (Wildman–Crippen LogP) is 7.46. The SMILES string of the molecule is CCCCC=C(F)c1ccc(C#Cc2ccc(CCCCC)cc2)cc1F. The van der Waals surface area contributed by atoms with Crippen LogP contribution in [0.1, 0.15) is 74.6 Å². The van der Waals surface area contributed by atoms with Crippen molar-refractivity contribution in [1.29, 1.82) is 0 Å². The first kappa shape index (κ1) is 20.9. The van der Waals surface area contributed by atoms with Gasteiger partial charge < -0.3 is 0 Å². The van der Waals surface area contributed by atoms with Crippen LogP contribution in [0.4, 0.5) is 8.78 Å². The van der Waals surface area contributed by atoms with Gasteiger partial charge in [0.05, 0.1) is 0 Å². The van der Waals surface area contributed by atoms with Crippen molar-refractivity contribution in [3.8, 4) is 11.8 Å². The maximum absolute atomic E-state index is 14.2. The van der Waals surface area contributed by atoms with Crippen molar-refractivity contribution >= 4 is 5.83 Å². The van der Waals surface area contributed by atoms with E-state index in [-0.39, 0.29) is 5.56 Å². The average Bonchev–Trinajstić information content (AvgIpc) is 2.68. The third-order valence-corrected chi connectivity index (χ3v) is 4.48. The van der Waals surface area contributed by atoms with Crippen molar-refractivity contribution < 1.29 is 8.78 Å². The van der Waals surface area contributed by atoms with Gasteiger partial charge in [-0.05, 0) is 67.7 Å². The molecule has 0 nitrogen and oxygen atoms in total. The van der Waals surface area contributed by atoms with Gasteiger partial charge in [-0.1, -0.05) is 57.1 Å². The van der Waals surface area contributed by atoms with Crippen LogP contribution >= 0.6 is 0 Å². The van der Waals surface area contributed by atoms with Crippen molar-refractivity contribution in [2.75, 3.05) is 0 Å². The van der Waals surface area contributed by atoms with Crippen LogP contribution in [-0.4, -0.2) is 0 Å². The van der Waals surface area contributed by atoms with E-state index in [0.717, 1.165) is 24.8 Å². The van der Waals surface area contributed by atoms with Gasteiger partial charge in [-0.15, -0.1) is 0 Å².